The molecule has 0 aliphatic heterocycles. The molecule has 0 rings (SSSR count). The number of hydrogen-bond acceptors (Lipinski definition) is 5. The minimum Gasteiger partial charge on any atom is -0.473 e. The average Bonchev–Trinajstić information content (AvgIpc) is 2.52. The van der Waals surface area contributed by atoms with E-state index in [2.05, 4.69) is 0 Å². The fourth-order valence-corrected chi connectivity index (χ4v) is 4.09. The Bertz CT molecular complexity index is 282. The maximum Gasteiger partial charge on any atom is 0.334 e. The first kappa shape index (κ1) is 20.6. The van der Waals surface area contributed by atoms with Crippen molar-refractivity contribution in [2.45, 2.75) is 38.0 Å². The van der Waals surface area contributed by atoms with E-state index < -0.39 is 17.1 Å². The molecule has 0 aromatic carbocycles. The third kappa shape index (κ3) is 9.23. The van der Waals surface area contributed by atoms with E-state index in [1.807, 2.05) is 25.2 Å². The van der Waals surface area contributed by atoms with Crippen LogP contribution in [0.15, 0.2) is 24.7 Å². The number of ether oxygens (including phenoxy) is 1. The summed E-state index contributed by atoms with van der Waals surface area (Å²) in [6.45, 7) is 4.10. The highest BCUT2D eigenvalue weighted by Gasteiger charge is 2.27. The van der Waals surface area contributed by atoms with Gasteiger partial charge in [-0.3, -0.25) is 0 Å². The minimum atomic E-state index is -1.96. The molecule has 0 fully saturated rings. The van der Waals surface area contributed by atoms with Crippen LogP contribution in [0, 0.1) is 0 Å². The normalized spacial score (nSPS) is 13.4. The zero-order chi connectivity index (χ0) is 16.2. The Kier molecular flexibility index (Phi) is 10.9. The van der Waals surface area contributed by atoms with Crippen LogP contribution in [0.4, 0.5) is 0 Å². The lowest BCUT2D eigenvalue weighted by Crippen LogP contribution is -2.35. The molecule has 0 aromatic rings. The molecular formula is C14H30O5Si2. The number of hydrogen-bond donors (Lipinski definition) is 0. The standard InChI is InChI=1S/C14H30O5Si2/c1-15-20(5,16-2)13-9-7-11-19-12-8-10-14-21(6,17-3)18-4/h7-8,11-12H,9-10,13-14H2,1-6H3. The van der Waals surface area contributed by atoms with Crippen LogP contribution >= 0.6 is 0 Å². The Morgan fingerprint density at radius 1 is 0.667 bits per heavy atom. The molecule has 0 heterocycles. The van der Waals surface area contributed by atoms with Gasteiger partial charge in [0.05, 0.1) is 12.5 Å². The Morgan fingerprint density at radius 2 is 1.00 bits per heavy atom. The molecule has 0 aromatic heterocycles. The van der Waals surface area contributed by atoms with Crippen LogP contribution in [-0.4, -0.2) is 45.6 Å². The minimum absolute atomic E-state index is 0.885. The van der Waals surface area contributed by atoms with Crippen molar-refractivity contribution in [2.75, 3.05) is 28.4 Å². The molecule has 0 saturated carbocycles. The monoisotopic (exact) mass is 334 g/mol. The van der Waals surface area contributed by atoms with Crippen LogP contribution in [0.25, 0.3) is 0 Å². The molecule has 0 N–H and O–H groups in total. The first-order valence-corrected chi connectivity index (χ1v) is 12.2. The van der Waals surface area contributed by atoms with E-state index >= 15 is 0 Å². The Labute approximate surface area is 131 Å². The fraction of sp³-hybridized carbons (Fsp3) is 0.714. The predicted octanol–water partition coefficient (Wildman–Crippen LogP) is 3.54. The van der Waals surface area contributed by atoms with E-state index in [0.29, 0.717) is 0 Å². The van der Waals surface area contributed by atoms with Gasteiger partial charge in [-0.15, -0.1) is 0 Å². The quantitative estimate of drug-likeness (QED) is 0.403. The van der Waals surface area contributed by atoms with Gasteiger partial charge in [0, 0.05) is 28.4 Å². The largest absolute Gasteiger partial charge is 0.473 e. The summed E-state index contributed by atoms with van der Waals surface area (Å²) >= 11 is 0. The van der Waals surface area contributed by atoms with E-state index in [1.54, 1.807) is 41.0 Å². The van der Waals surface area contributed by atoms with Crippen LogP contribution in [0.2, 0.25) is 25.2 Å². The lowest BCUT2D eigenvalue weighted by molar-refractivity contribution is 0.249. The number of allylic oxidation sites excluding steroid dienone is 2. The summed E-state index contributed by atoms with van der Waals surface area (Å²) < 4.78 is 26.9. The zero-order valence-electron chi connectivity index (χ0n) is 14.2. The molecule has 5 nitrogen and oxygen atoms in total. The van der Waals surface area contributed by atoms with E-state index in [4.69, 9.17) is 22.4 Å². The van der Waals surface area contributed by atoms with Gasteiger partial charge in [-0.1, -0.05) is 0 Å². The van der Waals surface area contributed by atoms with Crippen LogP contribution < -0.4 is 0 Å². The summed E-state index contributed by atoms with van der Waals surface area (Å²) in [5.74, 6) is 0. The fourth-order valence-electron chi connectivity index (χ4n) is 1.56. The van der Waals surface area contributed by atoms with Gasteiger partial charge in [0.15, 0.2) is 0 Å². The molecule has 0 aliphatic carbocycles. The molecule has 124 valence electrons. The van der Waals surface area contributed by atoms with Gasteiger partial charge in [-0.2, -0.15) is 0 Å². The first-order valence-electron chi connectivity index (χ1n) is 7.11. The lowest BCUT2D eigenvalue weighted by atomic mass is 10.5. The summed E-state index contributed by atoms with van der Waals surface area (Å²) in [6, 6.07) is 1.82. The molecule has 0 atom stereocenters. The van der Waals surface area contributed by atoms with Crippen molar-refractivity contribution in [3.05, 3.63) is 24.7 Å². The third-order valence-corrected chi connectivity index (χ3v) is 9.46. The summed E-state index contributed by atoms with van der Waals surface area (Å²) in [4.78, 5) is 0. The summed E-state index contributed by atoms with van der Waals surface area (Å²) in [7, 11) is 2.90. The second-order valence-corrected chi connectivity index (χ2v) is 12.2. The van der Waals surface area contributed by atoms with Gasteiger partial charge in [0.2, 0.25) is 0 Å². The second kappa shape index (κ2) is 11.2. The highest BCUT2D eigenvalue weighted by molar-refractivity contribution is 6.66. The maximum atomic E-state index is 5.41. The summed E-state index contributed by atoms with van der Waals surface area (Å²) in [5.41, 5.74) is 0. The van der Waals surface area contributed by atoms with E-state index in [-0.39, 0.29) is 0 Å². The van der Waals surface area contributed by atoms with Gasteiger partial charge in [0.1, 0.15) is 0 Å². The van der Waals surface area contributed by atoms with Crippen LogP contribution in [0.3, 0.4) is 0 Å². The van der Waals surface area contributed by atoms with Crippen molar-refractivity contribution in [3.63, 3.8) is 0 Å². The average molecular weight is 335 g/mol. The van der Waals surface area contributed by atoms with Crippen LogP contribution in [0.5, 0.6) is 0 Å². The van der Waals surface area contributed by atoms with Gasteiger partial charge in [0.25, 0.3) is 0 Å². The van der Waals surface area contributed by atoms with Crippen molar-refractivity contribution in [2.24, 2.45) is 0 Å². The lowest BCUT2D eigenvalue weighted by Gasteiger charge is -2.21. The van der Waals surface area contributed by atoms with Crippen molar-refractivity contribution in [1.82, 2.24) is 0 Å². The molecule has 21 heavy (non-hydrogen) atoms. The molecular weight excluding hydrogens is 304 g/mol. The molecule has 0 unspecified atom stereocenters. The second-order valence-electron chi connectivity index (χ2n) is 5.04. The van der Waals surface area contributed by atoms with Crippen molar-refractivity contribution >= 4 is 17.1 Å². The summed E-state index contributed by atoms with van der Waals surface area (Å²) in [5, 5.41) is 0. The van der Waals surface area contributed by atoms with Crippen molar-refractivity contribution in [3.8, 4) is 0 Å². The predicted molar refractivity (Wildman–Crippen MR) is 89.5 cm³/mol. The van der Waals surface area contributed by atoms with Crippen molar-refractivity contribution < 1.29 is 22.4 Å². The molecule has 7 heteroatoms. The van der Waals surface area contributed by atoms with Gasteiger partial charge >= 0.3 is 17.1 Å². The molecule has 0 radical (unpaired) electrons. The molecule has 0 aliphatic rings. The first-order chi connectivity index (χ1) is 9.95. The van der Waals surface area contributed by atoms with Crippen LogP contribution in [-0.2, 0) is 22.4 Å². The van der Waals surface area contributed by atoms with E-state index in [0.717, 1.165) is 24.9 Å². The third-order valence-electron chi connectivity index (χ3n) is 3.61. The van der Waals surface area contributed by atoms with E-state index in [9.17, 15) is 0 Å². The number of rotatable bonds is 12. The highest BCUT2D eigenvalue weighted by Crippen LogP contribution is 2.15. The molecule has 0 spiro atoms. The molecule has 0 bridgehead atoms. The molecule has 0 saturated heterocycles. The topological polar surface area (TPSA) is 46.2 Å². The Morgan fingerprint density at radius 3 is 1.29 bits per heavy atom. The maximum absolute atomic E-state index is 5.41. The Balaban J connectivity index is 3.80. The Hall–Kier alpha value is -0.446. The van der Waals surface area contributed by atoms with Gasteiger partial charge in [-0.05, 0) is 50.2 Å². The highest BCUT2D eigenvalue weighted by atomic mass is 28.4. The molecule has 0 amide bonds. The van der Waals surface area contributed by atoms with Crippen LogP contribution in [0.1, 0.15) is 12.8 Å². The van der Waals surface area contributed by atoms with Gasteiger partial charge < -0.3 is 22.4 Å². The summed E-state index contributed by atoms with van der Waals surface area (Å²) in [6.07, 6.45) is 9.13. The van der Waals surface area contributed by atoms with Gasteiger partial charge in [-0.25, -0.2) is 0 Å². The zero-order valence-corrected chi connectivity index (χ0v) is 16.2. The SMILES string of the molecule is CO[Si](C)(CCC=COC=CCC[Si](C)(OC)OC)OC. The smallest absolute Gasteiger partial charge is 0.334 e. The van der Waals surface area contributed by atoms with Crippen molar-refractivity contribution in [1.29, 1.82) is 0 Å². The van der Waals surface area contributed by atoms with E-state index in [1.165, 1.54) is 0 Å².